The minimum Gasteiger partial charge on any atom is -0.493 e. The van der Waals surface area contributed by atoms with Gasteiger partial charge in [0, 0.05) is 5.69 Å². The van der Waals surface area contributed by atoms with E-state index < -0.39 is 5.91 Å². The van der Waals surface area contributed by atoms with Crippen LogP contribution in [0.5, 0.6) is 17.2 Å². The van der Waals surface area contributed by atoms with Gasteiger partial charge < -0.3 is 19.5 Å². The Kier molecular flexibility index (Phi) is 8.54. The molecule has 8 heteroatoms. The number of rotatable bonds is 8. The molecular formula is C21H27N3O4S. The second-order valence-corrected chi connectivity index (χ2v) is 6.62. The average Bonchev–Trinajstić information content (AvgIpc) is 2.75. The summed E-state index contributed by atoms with van der Waals surface area (Å²) >= 11 is 5.24. The Balaban J connectivity index is 1.97. The van der Waals surface area contributed by atoms with Gasteiger partial charge in [-0.15, -0.1) is 0 Å². The first-order valence-electron chi connectivity index (χ1n) is 9.29. The summed E-state index contributed by atoms with van der Waals surface area (Å²) in [4.78, 5) is 12.6. The van der Waals surface area contributed by atoms with Crippen molar-refractivity contribution in [1.82, 2.24) is 10.9 Å². The van der Waals surface area contributed by atoms with E-state index in [1.54, 1.807) is 12.1 Å². The Morgan fingerprint density at radius 3 is 2.21 bits per heavy atom. The van der Waals surface area contributed by atoms with E-state index in [9.17, 15) is 4.79 Å². The Labute approximate surface area is 176 Å². The third-order valence-corrected chi connectivity index (χ3v) is 4.47. The van der Waals surface area contributed by atoms with Crippen molar-refractivity contribution >= 4 is 28.9 Å². The molecule has 3 N–H and O–H groups in total. The van der Waals surface area contributed by atoms with Gasteiger partial charge in [-0.3, -0.25) is 15.6 Å². The molecule has 0 heterocycles. The van der Waals surface area contributed by atoms with E-state index in [0.29, 0.717) is 11.5 Å². The van der Waals surface area contributed by atoms with Crippen LogP contribution >= 0.6 is 12.2 Å². The average molecular weight is 418 g/mol. The van der Waals surface area contributed by atoms with Crippen LogP contribution in [0.1, 0.15) is 35.7 Å². The monoisotopic (exact) mass is 417 g/mol. The van der Waals surface area contributed by atoms with Crippen molar-refractivity contribution in [2.45, 2.75) is 26.2 Å². The number of aryl methyl sites for hydroxylation is 1. The van der Waals surface area contributed by atoms with Crippen molar-refractivity contribution in [3.05, 3.63) is 47.5 Å². The van der Waals surface area contributed by atoms with Gasteiger partial charge in [0.05, 0.1) is 26.9 Å². The maximum atomic E-state index is 12.6. The highest BCUT2D eigenvalue weighted by Crippen LogP contribution is 2.39. The first-order valence-corrected chi connectivity index (χ1v) is 9.70. The van der Waals surface area contributed by atoms with Crippen LogP contribution in [0.25, 0.3) is 0 Å². The quantitative estimate of drug-likeness (QED) is 0.446. The number of nitrogens with one attached hydrogen (secondary N) is 3. The number of amides is 1. The molecule has 0 aromatic heterocycles. The molecule has 0 aliphatic heterocycles. The number of unbranched alkanes of at least 4 members (excludes halogenated alkanes) is 1. The van der Waals surface area contributed by atoms with E-state index in [-0.39, 0.29) is 16.4 Å². The highest BCUT2D eigenvalue weighted by atomic mass is 32.1. The molecule has 0 saturated heterocycles. The van der Waals surface area contributed by atoms with Gasteiger partial charge >= 0.3 is 0 Å². The SMILES string of the molecule is CCCCc1ccc(NC(=S)NNC(=O)c2ccc(OC)c(OC)c2OC)cc1. The first kappa shape index (κ1) is 22.3. The maximum Gasteiger partial charge on any atom is 0.273 e. The van der Waals surface area contributed by atoms with Crippen LogP contribution in [-0.4, -0.2) is 32.3 Å². The van der Waals surface area contributed by atoms with Crippen LogP contribution in [-0.2, 0) is 6.42 Å². The van der Waals surface area contributed by atoms with Crippen LogP contribution in [0.15, 0.2) is 36.4 Å². The number of methoxy groups -OCH3 is 3. The van der Waals surface area contributed by atoms with Gasteiger partial charge in [0.15, 0.2) is 16.6 Å². The summed E-state index contributed by atoms with van der Waals surface area (Å²) in [5.41, 5.74) is 7.64. The standard InChI is InChI=1S/C21H27N3O4S/c1-5-6-7-14-8-10-15(11-9-14)22-21(29)24-23-20(25)16-12-13-17(26-2)19(28-4)18(16)27-3/h8-13H,5-7H2,1-4H3,(H,23,25)(H2,22,24,29). The van der Waals surface area contributed by atoms with E-state index in [4.69, 9.17) is 26.4 Å². The molecule has 1 amide bonds. The lowest BCUT2D eigenvalue weighted by molar-refractivity contribution is 0.0940. The summed E-state index contributed by atoms with van der Waals surface area (Å²) in [6, 6.07) is 11.3. The molecule has 0 spiro atoms. The minimum absolute atomic E-state index is 0.263. The van der Waals surface area contributed by atoms with Crippen molar-refractivity contribution in [1.29, 1.82) is 0 Å². The molecule has 2 aromatic carbocycles. The first-order chi connectivity index (χ1) is 14.0. The van der Waals surface area contributed by atoms with Gasteiger partial charge in [-0.05, 0) is 54.9 Å². The molecule has 0 aliphatic carbocycles. The lowest BCUT2D eigenvalue weighted by Gasteiger charge is -2.16. The zero-order chi connectivity index (χ0) is 21.2. The third kappa shape index (κ3) is 5.99. The molecule has 0 aliphatic rings. The number of ether oxygens (including phenoxy) is 3. The van der Waals surface area contributed by atoms with Crippen LogP contribution in [0.3, 0.4) is 0 Å². The lowest BCUT2D eigenvalue weighted by atomic mass is 10.1. The molecule has 0 atom stereocenters. The topological polar surface area (TPSA) is 80.9 Å². The Hall–Kier alpha value is -3.00. The minimum atomic E-state index is -0.429. The zero-order valence-corrected chi connectivity index (χ0v) is 17.9. The summed E-state index contributed by atoms with van der Waals surface area (Å²) in [6.45, 7) is 2.17. The van der Waals surface area contributed by atoms with Gasteiger partial charge in [0.2, 0.25) is 5.75 Å². The number of benzene rings is 2. The summed E-state index contributed by atoms with van der Waals surface area (Å²) < 4.78 is 15.9. The summed E-state index contributed by atoms with van der Waals surface area (Å²) in [7, 11) is 4.45. The van der Waals surface area contributed by atoms with Crippen molar-refractivity contribution in [3.8, 4) is 17.2 Å². The fraction of sp³-hybridized carbons (Fsp3) is 0.333. The van der Waals surface area contributed by atoms with E-state index in [2.05, 4.69) is 35.2 Å². The molecule has 0 fully saturated rings. The predicted molar refractivity (Wildman–Crippen MR) is 118 cm³/mol. The molecule has 7 nitrogen and oxygen atoms in total. The number of hydrogen-bond donors (Lipinski definition) is 3. The highest BCUT2D eigenvalue weighted by molar-refractivity contribution is 7.80. The number of hydrogen-bond acceptors (Lipinski definition) is 5. The van der Waals surface area contributed by atoms with Gasteiger partial charge in [0.25, 0.3) is 5.91 Å². The van der Waals surface area contributed by atoms with Gasteiger partial charge in [0.1, 0.15) is 0 Å². The molecule has 2 aromatic rings. The molecule has 0 unspecified atom stereocenters. The fourth-order valence-corrected chi connectivity index (χ4v) is 2.93. The maximum absolute atomic E-state index is 12.6. The second-order valence-electron chi connectivity index (χ2n) is 6.22. The largest absolute Gasteiger partial charge is 0.493 e. The highest BCUT2D eigenvalue weighted by Gasteiger charge is 2.20. The van der Waals surface area contributed by atoms with Crippen molar-refractivity contribution < 1.29 is 19.0 Å². The number of thiocarbonyl (C=S) groups is 1. The molecular weight excluding hydrogens is 390 g/mol. The van der Waals surface area contributed by atoms with Gasteiger partial charge in [-0.2, -0.15) is 0 Å². The second kappa shape index (κ2) is 11.1. The molecule has 0 bridgehead atoms. The van der Waals surface area contributed by atoms with Gasteiger partial charge in [-0.1, -0.05) is 25.5 Å². The van der Waals surface area contributed by atoms with Gasteiger partial charge in [-0.25, -0.2) is 0 Å². The van der Waals surface area contributed by atoms with Crippen LogP contribution in [0, 0.1) is 0 Å². The van der Waals surface area contributed by atoms with E-state index in [1.807, 2.05) is 12.1 Å². The third-order valence-electron chi connectivity index (χ3n) is 4.27. The van der Waals surface area contributed by atoms with Crippen LogP contribution in [0.2, 0.25) is 0 Å². The van der Waals surface area contributed by atoms with E-state index >= 15 is 0 Å². The van der Waals surface area contributed by atoms with Crippen LogP contribution < -0.4 is 30.4 Å². The molecule has 156 valence electrons. The number of hydrazine groups is 1. The van der Waals surface area contributed by atoms with Crippen LogP contribution in [0.4, 0.5) is 5.69 Å². The molecule has 0 saturated carbocycles. The number of carbonyl (C=O) groups is 1. The Morgan fingerprint density at radius 2 is 1.62 bits per heavy atom. The Bertz CT molecular complexity index is 841. The fourth-order valence-electron chi connectivity index (χ4n) is 2.76. The molecule has 29 heavy (non-hydrogen) atoms. The van der Waals surface area contributed by atoms with E-state index in [1.165, 1.54) is 39.7 Å². The summed E-state index contributed by atoms with van der Waals surface area (Å²) in [5.74, 6) is 0.648. The molecule has 2 rings (SSSR count). The summed E-state index contributed by atoms with van der Waals surface area (Å²) in [6.07, 6.45) is 3.39. The van der Waals surface area contributed by atoms with Crippen molar-refractivity contribution in [2.24, 2.45) is 0 Å². The number of anilines is 1. The van der Waals surface area contributed by atoms with E-state index in [0.717, 1.165) is 12.1 Å². The number of carbonyl (C=O) groups excluding carboxylic acids is 1. The van der Waals surface area contributed by atoms with Crippen molar-refractivity contribution in [3.63, 3.8) is 0 Å². The smallest absolute Gasteiger partial charge is 0.273 e. The zero-order valence-electron chi connectivity index (χ0n) is 17.1. The predicted octanol–water partition coefficient (Wildman–Crippen LogP) is 3.69. The van der Waals surface area contributed by atoms with Crippen molar-refractivity contribution in [2.75, 3.05) is 26.6 Å². The molecule has 0 radical (unpaired) electrons. The normalized spacial score (nSPS) is 10.1. The Morgan fingerprint density at radius 1 is 0.931 bits per heavy atom. The summed E-state index contributed by atoms with van der Waals surface area (Å²) in [5, 5.41) is 3.29. The lowest BCUT2D eigenvalue weighted by Crippen LogP contribution is -2.43.